The van der Waals surface area contributed by atoms with E-state index in [0.717, 1.165) is 19.4 Å². The molecule has 0 radical (unpaired) electrons. The molecule has 82 valence electrons. The summed E-state index contributed by atoms with van der Waals surface area (Å²) in [5, 5.41) is 0. The Morgan fingerprint density at radius 2 is 2.47 bits per heavy atom. The first-order chi connectivity index (χ1) is 7.29. The van der Waals surface area contributed by atoms with Gasteiger partial charge in [-0.2, -0.15) is 0 Å². The Morgan fingerprint density at radius 1 is 1.67 bits per heavy atom. The summed E-state index contributed by atoms with van der Waals surface area (Å²) in [6.07, 6.45) is 2.51. The Morgan fingerprint density at radius 3 is 3.13 bits per heavy atom. The number of thiophene rings is 1. The molecule has 4 heteroatoms. The van der Waals surface area contributed by atoms with Crippen LogP contribution in [0.15, 0.2) is 12.1 Å². The summed E-state index contributed by atoms with van der Waals surface area (Å²) in [6.45, 7) is 3.15. The van der Waals surface area contributed by atoms with Gasteiger partial charge in [-0.1, -0.05) is 0 Å². The molecule has 1 aromatic heterocycles. The molecule has 0 saturated carbocycles. The monoisotopic (exact) mass is 226 g/mol. The van der Waals surface area contributed by atoms with Crippen molar-refractivity contribution in [2.75, 3.05) is 13.2 Å². The van der Waals surface area contributed by atoms with Crippen LogP contribution in [-0.4, -0.2) is 25.3 Å². The second-order valence-electron chi connectivity index (χ2n) is 3.48. The summed E-state index contributed by atoms with van der Waals surface area (Å²) in [7, 11) is 0. The topological polar surface area (TPSA) is 38.8 Å². The molecule has 2 rings (SSSR count). The average Bonchev–Trinajstić information content (AvgIpc) is 2.93. The van der Waals surface area contributed by atoms with Crippen LogP contribution in [-0.2, 0) is 15.9 Å². The van der Waals surface area contributed by atoms with Crippen molar-refractivity contribution in [3.05, 3.63) is 21.9 Å². The highest BCUT2D eigenvalue weighted by atomic mass is 32.1. The smallest absolute Gasteiger partial charge is 0.348 e. The molecule has 1 saturated heterocycles. The predicted octanol–water partition coefficient (Wildman–Crippen LogP) is 2.26. The molecule has 2 heterocycles. The van der Waals surface area contributed by atoms with Crippen molar-refractivity contribution in [2.24, 2.45) is 0 Å². The van der Waals surface area contributed by atoms with Gasteiger partial charge >= 0.3 is 5.97 Å². The zero-order valence-corrected chi connectivity index (χ0v) is 9.51. The number of hydrogen-bond donors (Lipinski definition) is 0. The van der Waals surface area contributed by atoms with Crippen LogP contribution in [0.4, 0.5) is 0 Å². The predicted molar refractivity (Wildman–Crippen MR) is 58.3 cm³/mol. The van der Waals surface area contributed by atoms with Crippen LogP contribution in [0.25, 0.3) is 0 Å². The molecule has 3 nitrogen and oxygen atoms in total. The van der Waals surface area contributed by atoms with E-state index in [-0.39, 0.29) is 5.97 Å². The van der Waals surface area contributed by atoms with Gasteiger partial charge in [-0.25, -0.2) is 4.79 Å². The number of rotatable bonds is 5. The summed E-state index contributed by atoms with van der Waals surface area (Å²) < 4.78 is 10.1. The van der Waals surface area contributed by atoms with Crippen LogP contribution in [0.3, 0.4) is 0 Å². The van der Waals surface area contributed by atoms with E-state index in [1.165, 1.54) is 16.2 Å². The van der Waals surface area contributed by atoms with E-state index >= 15 is 0 Å². The van der Waals surface area contributed by atoms with Crippen LogP contribution in [0, 0.1) is 0 Å². The number of ether oxygens (including phenoxy) is 2. The van der Waals surface area contributed by atoms with E-state index in [4.69, 9.17) is 9.47 Å². The van der Waals surface area contributed by atoms with E-state index in [9.17, 15) is 4.79 Å². The summed E-state index contributed by atoms with van der Waals surface area (Å²) in [5.41, 5.74) is 0. The van der Waals surface area contributed by atoms with Gasteiger partial charge in [-0.15, -0.1) is 11.3 Å². The molecule has 0 N–H and O–H groups in total. The molecule has 1 aliphatic rings. The normalized spacial score (nSPS) is 18.9. The zero-order chi connectivity index (χ0) is 10.7. The van der Waals surface area contributed by atoms with E-state index in [2.05, 4.69) is 0 Å². The van der Waals surface area contributed by atoms with Gasteiger partial charge in [0.15, 0.2) is 0 Å². The Bertz CT molecular complexity index is 341. The van der Waals surface area contributed by atoms with E-state index < -0.39 is 0 Å². The van der Waals surface area contributed by atoms with Crippen molar-refractivity contribution in [1.29, 1.82) is 0 Å². The van der Waals surface area contributed by atoms with Crippen LogP contribution >= 0.6 is 11.3 Å². The first-order valence-electron chi connectivity index (χ1n) is 5.17. The highest BCUT2D eigenvalue weighted by Crippen LogP contribution is 2.22. The van der Waals surface area contributed by atoms with Crippen LogP contribution in [0.2, 0.25) is 0 Å². The van der Waals surface area contributed by atoms with Crippen molar-refractivity contribution in [1.82, 2.24) is 0 Å². The van der Waals surface area contributed by atoms with Crippen LogP contribution in [0.1, 0.15) is 27.9 Å². The lowest BCUT2D eigenvalue weighted by molar-refractivity contribution is 0.0532. The van der Waals surface area contributed by atoms with Gasteiger partial charge in [-0.3, -0.25) is 0 Å². The van der Waals surface area contributed by atoms with Gasteiger partial charge in [-0.05, 0) is 31.9 Å². The highest BCUT2D eigenvalue weighted by Gasteiger charge is 2.22. The van der Waals surface area contributed by atoms with Crippen molar-refractivity contribution >= 4 is 17.3 Å². The van der Waals surface area contributed by atoms with Crippen molar-refractivity contribution < 1.29 is 14.3 Å². The van der Waals surface area contributed by atoms with Gasteiger partial charge in [0, 0.05) is 4.88 Å². The van der Waals surface area contributed by atoms with Gasteiger partial charge in [0.1, 0.15) is 4.88 Å². The van der Waals surface area contributed by atoms with Crippen LogP contribution < -0.4 is 0 Å². The summed E-state index contributed by atoms with van der Waals surface area (Å²) in [6, 6.07) is 3.84. The number of carbonyl (C=O) groups is 1. The number of carbonyl (C=O) groups excluding carboxylic acids is 1. The second kappa shape index (κ2) is 4.77. The lowest BCUT2D eigenvalue weighted by Gasteiger charge is -1.96. The maximum absolute atomic E-state index is 11.4. The summed E-state index contributed by atoms with van der Waals surface area (Å²) in [5.74, 6) is -0.212. The molecule has 0 unspecified atom stereocenters. The molecule has 0 aliphatic carbocycles. The molecular weight excluding hydrogens is 212 g/mol. The quantitative estimate of drug-likeness (QED) is 0.571. The number of esters is 1. The Labute approximate surface area is 93.0 Å². The third kappa shape index (κ3) is 3.04. The first kappa shape index (κ1) is 10.6. The largest absolute Gasteiger partial charge is 0.462 e. The minimum atomic E-state index is -0.212. The van der Waals surface area contributed by atoms with E-state index in [0.29, 0.717) is 17.6 Å². The molecule has 0 spiro atoms. The maximum atomic E-state index is 11.4. The molecule has 0 bridgehead atoms. The SMILES string of the molecule is CCOC(=O)c1ccc(CC[C@@H]2CO2)s1. The number of epoxide rings is 1. The van der Waals surface area contributed by atoms with Gasteiger partial charge in [0.05, 0.1) is 19.3 Å². The van der Waals surface area contributed by atoms with Gasteiger partial charge in [0.25, 0.3) is 0 Å². The molecule has 1 atom stereocenters. The zero-order valence-electron chi connectivity index (χ0n) is 8.69. The Kier molecular flexibility index (Phi) is 3.38. The third-order valence-electron chi connectivity index (χ3n) is 2.25. The fourth-order valence-electron chi connectivity index (χ4n) is 1.36. The molecule has 15 heavy (non-hydrogen) atoms. The minimum Gasteiger partial charge on any atom is -0.462 e. The second-order valence-corrected chi connectivity index (χ2v) is 4.65. The van der Waals surface area contributed by atoms with Gasteiger partial charge < -0.3 is 9.47 Å². The Hall–Kier alpha value is -0.870. The molecular formula is C11H14O3S. The molecule has 1 aromatic rings. The highest BCUT2D eigenvalue weighted by molar-refractivity contribution is 7.13. The van der Waals surface area contributed by atoms with E-state index in [1.54, 1.807) is 0 Å². The Balaban J connectivity index is 1.87. The van der Waals surface area contributed by atoms with Crippen molar-refractivity contribution in [3.63, 3.8) is 0 Å². The molecule has 0 aromatic carbocycles. The average molecular weight is 226 g/mol. The number of aryl methyl sites for hydroxylation is 1. The van der Waals surface area contributed by atoms with Gasteiger partial charge in [0.2, 0.25) is 0 Å². The van der Waals surface area contributed by atoms with Crippen molar-refractivity contribution in [2.45, 2.75) is 25.9 Å². The minimum absolute atomic E-state index is 0.212. The summed E-state index contributed by atoms with van der Waals surface area (Å²) >= 11 is 1.52. The molecule has 0 amide bonds. The molecule has 1 fully saturated rings. The summed E-state index contributed by atoms with van der Waals surface area (Å²) in [4.78, 5) is 13.3. The first-order valence-corrected chi connectivity index (χ1v) is 5.98. The lowest BCUT2D eigenvalue weighted by atomic mass is 10.2. The fourth-order valence-corrected chi connectivity index (χ4v) is 2.28. The number of hydrogen-bond acceptors (Lipinski definition) is 4. The van der Waals surface area contributed by atoms with Crippen LogP contribution in [0.5, 0.6) is 0 Å². The lowest BCUT2D eigenvalue weighted by Crippen LogP contribution is -2.01. The fraction of sp³-hybridized carbons (Fsp3) is 0.545. The standard InChI is InChI=1S/C11H14O3S/c1-2-13-11(12)10-6-5-9(15-10)4-3-8-7-14-8/h5-6,8H,2-4,7H2,1H3/t8-/m1/s1. The third-order valence-corrected chi connectivity index (χ3v) is 3.38. The maximum Gasteiger partial charge on any atom is 0.348 e. The molecule has 1 aliphatic heterocycles. The van der Waals surface area contributed by atoms with Crippen molar-refractivity contribution in [3.8, 4) is 0 Å². The van der Waals surface area contributed by atoms with E-state index in [1.807, 2.05) is 19.1 Å².